The second kappa shape index (κ2) is 10.7. The molecule has 0 aromatic heterocycles. The number of aryl methyl sites for hydroxylation is 1. The van der Waals surface area contributed by atoms with E-state index >= 15 is 0 Å². The van der Waals surface area contributed by atoms with Gasteiger partial charge < -0.3 is 15.4 Å². The summed E-state index contributed by atoms with van der Waals surface area (Å²) in [5, 5.41) is 6.74. The zero-order chi connectivity index (χ0) is 19.6. The molecule has 0 aliphatic carbocycles. The topological polar surface area (TPSA) is 67.4 Å². The fourth-order valence-corrected chi connectivity index (χ4v) is 3.23. The molecule has 0 saturated heterocycles. The highest BCUT2D eigenvalue weighted by Crippen LogP contribution is 2.22. The van der Waals surface area contributed by atoms with Crippen LogP contribution in [-0.4, -0.2) is 29.2 Å². The molecule has 0 radical (unpaired) electrons. The van der Waals surface area contributed by atoms with Gasteiger partial charge in [0, 0.05) is 16.3 Å². The molecular formula is C20H22N2O3S2. The zero-order valence-electron chi connectivity index (χ0n) is 15.3. The average Bonchev–Trinajstić information content (AvgIpc) is 2.62. The van der Waals surface area contributed by atoms with Crippen molar-refractivity contribution < 1.29 is 14.3 Å². The first-order chi connectivity index (χ1) is 13.0. The number of rotatable bonds is 8. The Bertz CT molecular complexity index is 807. The van der Waals surface area contributed by atoms with Crippen LogP contribution in [0.3, 0.4) is 0 Å². The lowest BCUT2D eigenvalue weighted by molar-refractivity contribution is -0.145. The van der Waals surface area contributed by atoms with Gasteiger partial charge >= 0.3 is 5.97 Å². The molecular weight excluding hydrogens is 380 g/mol. The molecule has 0 spiro atoms. The molecule has 0 heterocycles. The normalized spacial score (nSPS) is 10.1. The van der Waals surface area contributed by atoms with Gasteiger partial charge in [0.2, 0.25) is 0 Å². The molecule has 0 aliphatic rings. The van der Waals surface area contributed by atoms with Crippen LogP contribution < -0.4 is 10.6 Å². The predicted octanol–water partition coefficient (Wildman–Crippen LogP) is 4.42. The van der Waals surface area contributed by atoms with Crippen molar-refractivity contribution in [2.45, 2.75) is 25.2 Å². The molecule has 27 heavy (non-hydrogen) atoms. The Hall–Kier alpha value is -2.38. The first-order valence-electron chi connectivity index (χ1n) is 8.51. The van der Waals surface area contributed by atoms with Crippen LogP contribution in [0.2, 0.25) is 0 Å². The van der Waals surface area contributed by atoms with Gasteiger partial charge in [-0.05, 0) is 56.4 Å². The number of hydrogen-bond acceptors (Lipinski definition) is 5. The van der Waals surface area contributed by atoms with Crippen molar-refractivity contribution in [2.75, 3.05) is 23.0 Å². The van der Waals surface area contributed by atoms with Crippen LogP contribution in [0.4, 0.5) is 11.4 Å². The minimum absolute atomic E-state index is 0.159. The highest BCUT2D eigenvalue weighted by Gasteiger charge is 2.11. The quantitative estimate of drug-likeness (QED) is 0.293. The van der Waals surface area contributed by atoms with Crippen molar-refractivity contribution in [3.63, 3.8) is 0 Å². The Labute approximate surface area is 168 Å². The molecule has 2 rings (SSSR count). The third-order valence-electron chi connectivity index (χ3n) is 3.45. The Morgan fingerprint density at radius 3 is 2.48 bits per heavy atom. The van der Waals surface area contributed by atoms with E-state index in [1.54, 1.807) is 6.92 Å². The number of hydrogen-bond donors (Lipinski definition) is 2. The fraction of sp³-hybridized carbons (Fsp3) is 0.250. The Morgan fingerprint density at radius 1 is 1.07 bits per heavy atom. The molecule has 2 aromatic rings. The van der Waals surface area contributed by atoms with Crippen LogP contribution in [0.15, 0.2) is 53.4 Å². The maximum atomic E-state index is 11.8. The van der Waals surface area contributed by atoms with Gasteiger partial charge in [-0.25, -0.2) is 0 Å². The highest BCUT2D eigenvalue weighted by atomic mass is 32.2. The fourth-order valence-electron chi connectivity index (χ4n) is 2.18. The summed E-state index contributed by atoms with van der Waals surface area (Å²) in [6.07, 6.45) is -0.191. The minimum Gasteiger partial charge on any atom is -0.466 e. The first-order valence-corrected chi connectivity index (χ1v) is 9.90. The molecule has 0 fully saturated rings. The standard InChI is InChI=1S/C20H22N2O3S2/c1-3-25-19(24)12-17(23)13-27-18-6-4-5-16(11-18)22-20(26)21-15-9-7-14(2)8-10-15/h4-11H,3,12-13H2,1-2H3,(H2,21,22,26). The van der Waals surface area contributed by atoms with Crippen LogP contribution >= 0.6 is 24.0 Å². The van der Waals surface area contributed by atoms with E-state index in [1.165, 1.54) is 17.3 Å². The van der Waals surface area contributed by atoms with E-state index < -0.39 is 5.97 Å². The summed E-state index contributed by atoms with van der Waals surface area (Å²) in [7, 11) is 0. The van der Waals surface area contributed by atoms with Crippen molar-refractivity contribution in [1.82, 2.24) is 0 Å². The van der Waals surface area contributed by atoms with Crippen LogP contribution in [0, 0.1) is 6.92 Å². The molecule has 142 valence electrons. The van der Waals surface area contributed by atoms with Crippen LogP contribution in [0.5, 0.6) is 0 Å². The molecule has 2 aromatic carbocycles. The summed E-state index contributed by atoms with van der Waals surface area (Å²) in [6, 6.07) is 15.5. The van der Waals surface area contributed by atoms with Gasteiger partial charge in [-0.3, -0.25) is 9.59 Å². The van der Waals surface area contributed by atoms with Gasteiger partial charge in [-0.1, -0.05) is 23.8 Å². The van der Waals surface area contributed by atoms with Gasteiger partial charge in [0.15, 0.2) is 10.9 Å². The van der Waals surface area contributed by atoms with E-state index in [0.29, 0.717) is 5.11 Å². The van der Waals surface area contributed by atoms with Crippen molar-refractivity contribution >= 4 is 52.2 Å². The smallest absolute Gasteiger partial charge is 0.313 e. The number of benzene rings is 2. The van der Waals surface area contributed by atoms with Gasteiger partial charge in [0.25, 0.3) is 0 Å². The Kier molecular flexibility index (Phi) is 8.29. The summed E-state index contributed by atoms with van der Waals surface area (Å²) in [5.74, 6) is -0.423. The molecule has 7 heteroatoms. The number of nitrogens with one attached hydrogen (secondary N) is 2. The van der Waals surface area contributed by atoms with E-state index in [2.05, 4.69) is 10.6 Å². The highest BCUT2D eigenvalue weighted by molar-refractivity contribution is 8.00. The lowest BCUT2D eigenvalue weighted by Gasteiger charge is -2.11. The van der Waals surface area contributed by atoms with E-state index in [0.717, 1.165) is 16.3 Å². The first kappa shape index (κ1) is 20.9. The number of thioether (sulfide) groups is 1. The number of esters is 1. The summed E-state index contributed by atoms with van der Waals surface area (Å²) in [5.41, 5.74) is 2.91. The number of anilines is 2. The maximum Gasteiger partial charge on any atom is 0.313 e. The SMILES string of the molecule is CCOC(=O)CC(=O)CSc1cccc(NC(=S)Nc2ccc(C)cc2)c1. The van der Waals surface area contributed by atoms with E-state index in [-0.39, 0.29) is 24.6 Å². The van der Waals surface area contributed by atoms with Crippen LogP contribution in [0.25, 0.3) is 0 Å². The number of Topliss-reactive ketones (excluding diaryl/α,β-unsaturated/α-hetero) is 1. The van der Waals surface area contributed by atoms with Gasteiger partial charge in [-0.15, -0.1) is 11.8 Å². The lowest BCUT2D eigenvalue weighted by atomic mass is 10.2. The number of carbonyl (C=O) groups is 2. The molecule has 0 bridgehead atoms. The number of ether oxygens (including phenoxy) is 1. The van der Waals surface area contributed by atoms with Crippen molar-refractivity contribution in [3.8, 4) is 0 Å². The van der Waals surface area contributed by atoms with Crippen LogP contribution in [-0.2, 0) is 14.3 Å². The largest absolute Gasteiger partial charge is 0.466 e. The Morgan fingerprint density at radius 2 is 1.78 bits per heavy atom. The summed E-state index contributed by atoms with van der Waals surface area (Å²) < 4.78 is 4.78. The monoisotopic (exact) mass is 402 g/mol. The van der Waals surface area contributed by atoms with Gasteiger partial charge in [0.05, 0.1) is 12.4 Å². The number of ketones is 1. The molecule has 0 amide bonds. The van der Waals surface area contributed by atoms with Crippen molar-refractivity contribution in [1.29, 1.82) is 0 Å². The van der Waals surface area contributed by atoms with Crippen molar-refractivity contribution in [2.24, 2.45) is 0 Å². The summed E-state index contributed by atoms with van der Waals surface area (Å²) in [6.45, 7) is 4.03. The summed E-state index contributed by atoms with van der Waals surface area (Å²) in [4.78, 5) is 24.1. The Balaban J connectivity index is 1.85. The van der Waals surface area contributed by atoms with E-state index in [1.807, 2.05) is 55.5 Å². The zero-order valence-corrected chi connectivity index (χ0v) is 16.9. The van der Waals surface area contributed by atoms with E-state index in [4.69, 9.17) is 17.0 Å². The number of carbonyl (C=O) groups excluding carboxylic acids is 2. The van der Waals surface area contributed by atoms with E-state index in [9.17, 15) is 9.59 Å². The van der Waals surface area contributed by atoms with Crippen molar-refractivity contribution in [3.05, 3.63) is 54.1 Å². The molecule has 0 aliphatic heterocycles. The number of thiocarbonyl (C=S) groups is 1. The molecule has 0 unspecified atom stereocenters. The third kappa shape index (κ3) is 7.80. The second-order valence-corrected chi connectivity index (χ2v) is 7.24. The second-order valence-electron chi connectivity index (χ2n) is 5.78. The summed E-state index contributed by atoms with van der Waals surface area (Å²) >= 11 is 6.71. The molecule has 2 N–H and O–H groups in total. The van der Waals surface area contributed by atoms with Crippen LogP contribution in [0.1, 0.15) is 18.9 Å². The average molecular weight is 403 g/mol. The maximum absolute atomic E-state index is 11.8. The minimum atomic E-state index is -0.481. The lowest BCUT2D eigenvalue weighted by Crippen LogP contribution is -2.19. The van der Waals surface area contributed by atoms with Gasteiger partial charge in [0.1, 0.15) is 6.42 Å². The molecule has 0 atom stereocenters. The molecule has 0 saturated carbocycles. The third-order valence-corrected chi connectivity index (χ3v) is 4.71. The van der Waals surface area contributed by atoms with Gasteiger partial charge in [-0.2, -0.15) is 0 Å². The molecule has 5 nitrogen and oxygen atoms in total. The predicted molar refractivity (Wildman–Crippen MR) is 114 cm³/mol.